The molecule has 0 aromatic heterocycles. The number of rotatable bonds is 1. The molecule has 2 rings (SSSR count). The quantitative estimate of drug-likeness (QED) is 0.781. The summed E-state index contributed by atoms with van der Waals surface area (Å²) < 4.78 is 0. The number of carbonyl (C=O) groups is 1. The first kappa shape index (κ1) is 9.62. The zero-order chi connectivity index (χ0) is 10.3. The van der Waals surface area contributed by atoms with Crippen molar-refractivity contribution in [2.75, 3.05) is 5.32 Å². The van der Waals surface area contributed by atoms with Crippen LogP contribution in [-0.4, -0.2) is 17.1 Å². The standard InChI is InChI=1S/C9H7Cl2NO2/c10-4-1-6(11)5-3-8(9(13)14)12-7(5)2-4/h1-2,8,12H,3H2,(H,13,14). The minimum atomic E-state index is -0.881. The number of fused-ring (bicyclic) bond motifs is 1. The molecule has 0 spiro atoms. The van der Waals surface area contributed by atoms with Crippen LogP contribution in [0.3, 0.4) is 0 Å². The van der Waals surface area contributed by atoms with E-state index in [4.69, 9.17) is 28.3 Å². The molecule has 0 saturated carbocycles. The molecular formula is C9H7Cl2NO2. The fourth-order valence-corrected chi connectivity index (χ4v) is 2.10. The Bertz CT molecular complexity index is 406. The highest BCUT2D eigenvalue weighted by molar-refractivity contribution is 6.35. The van der Waals surface area contributed by atoms with Crippen LogP contribution in [0.15, 0.2) is 12.1 Å². The third-order valence-corrected chi connectivity index (χ3v) is 2.75. The first-order chi connectivity index (χ1) is 6.58. The van der Waals surface area contributed by atoms with E-state index in [2.05, 4.69) is 5.32 Å². The van der Waals surface area contributed by atoms with Gasteiger partial charge in [-0.3, -0.25) is 0 Å². The Balaban J connectivity index is 2.39. The van der Waals surface area contributed by atoms with Gasteiger partial charge in [-0.05, 0) is 17.7 Å². The van der Waals surface area contributed by atoms with Crippen molar-refractivity contribution in [2.24, 2.45) is 0 Å². The molecule has 0 aliphatic carbocycles. The smallest absolute Gasteiger partial charge is 0.326 e. The third-order valence-electron chi connectivity index (χ3n) is 2.20. The van der Waals surface area contributed by atoms with Crippen LogP contribution in [0.4, 0.5) is 5.69 Å². The summed E-state index contributed by atoms with van der Waals surface area (Å²) in [6.07, 6.45) is 0.403. The number of hydrogen-bond donors (Lipinski definition) is 2. The van der Waals surface area contributed by atoms with Crippen LogP contribution in [0.1, 0.15) is 5.56 Å². The summed E-state index contributed by atoms with van der Waals surface area (Å²) in [6.45, 7) is 0. The van der Waals surface area contributed by atoms with Crippen molar-refractivity contribution in [1.29, 1.82) is 0 Å². The normalized spacial score (nSPS) is 18.9. The molecule has 1 aliphatic rings. The molecule has 0 fully saturated rings. The molecule has 14 heavy (non-hydrogen) atoms. The number of hydrogen-bond acceptors (Lipinski definition) is 2. The summed E-state index contributed by atoms with van der Waals surface area (Å²) in [6, 6.07) is 2.71. The lowest BCUT2D eigenvalue weighted by atomic mass is 10.1. The van der Waals surface area contributed by atoms with Gasteiger partial charge in [-0.15, -0.1) is 0 Å². The zero-order valence-electron chi connectivity index (χ0n) is 7.05. The monoisotopic (exact) mass is 231 g/mol. The van der Waals surface area contributed by atoms with Crippen molar-refractivity contribution in [3.63, 3.8) is 0 Å². The predicted octanol–water partition coefficient (Wildman–Crippen LogP) is 2.41. The van der Waals surface area contributed by atoms with Crippen LogP contribution in [0.2, 0.25) is 10.0 Å². The molecule has 1 unspecified atom stereocenters. The number of aliphatic carboxylic acids is 1. The molecule has 1 atom stereocenters. The van der Waals surface area contributed by atoms with E-state index < -0.39 is 12.0 Å². The first-order valence-electron chi connectivity index (χ1n) is 4.05. The van der Waals surface area contributed by atoms with Gasteiger partial charge < -0.3 is 10.4 Å². The Hall–Kier alpha value is -0.930. The second kappa shape index (κ2) is 3.33. The van der Waals surface area contributed by atoms with Crippen molar-refractivity contribution in [3.8, 4) is 0 Å². The highest BCUT2D eigenvalue weighted by Gasteiger charge is 2.28. The van der Waals surface area contributed by atoms with Gasteiger partial charge in [0.2, 0.25) is 0 Å². The van der Waals surface area contributed by atoms with E-state index in [1.165, 1.54) is 0 Å². The SMILES string of the molecule is O=C(O)C1Cc2c(Cl)cc(Cl)cc2N1. The molecule has 1 aliphatic heterocycles. The molecule has 0 radical (unpaired) electrons. The Morgan fingerprint density at radius 3 is 2.86 bits per heavy atom. The van der Waals surface area contributed by atoms with Gasteiger partial charge in [0.15, 0.2) is 0 Å². The minimum Gasteiger partial charge on any atom is -0.480 e. The number of halogens is 2. The molecule has 0 amide bonds. The second-order valence-corrected chi connectivity index (χ2v) is 4.00. The number of carboxylic acid groups (broad SMARTS) is 1. The maximum absolute atomic E-state index is 10.7. The highest BCUT2D eigenvalue weighted by Crippen LogP contribution is 2.34. The van der Waals surface area contributed by atoms with Crippen LogP contribution in [0, 0.1) is 0 Å². The van der Waals surface area contributed by atoms with E-state index in [0.29, 0.717) is 16.5 Å². The lowest BCUT2D eigenvalue weighted by Crippen LogP contribution is -2.26. The third kappa shape index (κ3) is 1.53. The van der Waals surface area contributed by atoms with Gasteiger partial charge in [0.05, 0.1) is 0 Å². The molecule has 74 valence electrons. The summed E-state index contributed by atoms with van der Waals surface area (Å²) in [5.41, 5.74) is 1.54. The van der Waals surface area contributed by atoms with Gasteiger partial charge in [-0.1, -0.05) is 23.2 Å². The number of nitrogens with one attached hydrogen (secondary N) is 1. The average Bonchev–Trinajstić information content (AvgIpc) is 2.47. The maximum Gasteiger partial charge on any atom is 0.326 e. The van der Waals surface area contributed by atoms with Gasteiger partial charge in [0.1, 0.15) is 6.04 Å². The number of benzene rings is 1. The summed E-state index contributed by atoms with van der Waals surface area (Å²) >= 11 is 11.7. The fourth-order valence-electron chi connectivity index (χ4n) is 1.53. The van der Waals surface area contributed by atoms with Gasteiger partial charge >= 0.3 is 5.97 Å². The van der Waals surface area contributed by atoms with Crippen LogP contribution in [-0.2, 0) is 11.2 Å². The van der Waals surface area contributed by atoms with Crippen molar-refractivity contribution in [3.05, 3.63) is 27.7 Å². The lowest BCUT2D eigenvalue weighted by molar-refractivity contribution is -0.137. The summed E-state index contributed by atoms with van der Waals surface area (Å²) in [7, 11) is 0. The van der Waals surface area contributed by atoms with Crippen molar-refractivity contribution >= 4 is 34.9 Å². The molecule has 0 bridgehead atoms. The summed E-state index contributed by atoms with van der Waals surface area (Å²) in [5.74, 6) is -0.881. The average molecular weight is 232 g/mol. The van der Waals surface area contributed by atoms with E-state index in [9.17, 15) is 4.79 Å². The van der Waals surface area contributed by atoms with Crippen LogP contribution in [0.25, 0.3) is 0 Å². The highest BCUT2D eigenvalue weighted by atomic mass is 35.5. The van der Waals surface area contributed by atoms with Crippen molar-refractivity contribution in [1.82, 2.24) is 0 Å². The fraction of sp³-hybridized carbons (Fsp3) is 0.222. The topological polar surface area (TPSA) is 49.3 Å². The number of carboxylic acids is 1. The Morgan fingerprint density at radius 2 is 2.21 bits per heavy atom. The lowest BCUT2D eigenvalue weighted by Gasteiger charge is -2.03. The Morgan fingerprint density at radius 1 is 1.50 bits per heavy atom. The van der Waals surface area contributed by atoms with E-state index in [1.54, 1.807) is 12.1 Å². The predicted molar refractivity (Wildman–Crippen MR) is 55.2 cm³/mol. The molecular weight excluding hydrogens is 225 g/mol. The summed E-state index contributed by atoms with van der Waals surface area (Å²) in [4.78, 5) is 10.7. The van der Waals surface area contributed by atoms with E-state index >= 15 is 0 Å². The van der Waals surface area contributed by atoms with Crippen LogP contribution in [0.5, 0.6) is 0 Å². The molecule has 0 saturated heterocycles. The van der Waals surface area contributed by atoms with Crippen molar-refractivity contribution in [2.45, 2.75) is 12.5 Å². The largest absolute Gasteiger partial charge is 0.480 e. The van der Waals surface area contributed by atoms with Crippen LogP contribution < -0.4 is 5.32 Å². The minimum absolute atomic E-state index is 0.403. The van der Waals surface area contributed by atoms with Gasteiger partial charge in [0, 0.05) is 22.2 Å². The molecule has 3 nitrogen and oxygen atoms in total. The second-order valence-electron chi connectivity index (χ2n) is 3.15. The molecule has 1 aromatic carbocycles. The molecule has 2 N–H and O–H groups in total. The van der Waals surface area contributed by atoms with E-state index in [1.807, 2.05) is 0 Å². The number of anilines is 1. The zero-order valence-corrected chi connectivity index (χ0v) is 8.56. The van der Waals surface area contributed by atoms with Gasteiger partial charge in [-0.2, -0.15) is 0 Å². The van der Waals surface area contributed by atoms with Crippen molar-refractivity contribution < 1.29 is 9.90 Å². The first-order valence-corrected chi connectivity index (χ1v) is 4.81. The molecule has 5 heteroatoms. The van der Waals surface area contributed by atoms with Gasteiger partial charge in [-0.25, -0.2) is 4.79 Å². The van der Waals surface area contributed by atoms with Gasteiger partial charge in [0.25, 0.3) is 0 Å². The summed E-state index contributed by atoms with van der Waals surface area (Å²) in [5, 5.41) is 12.7. The van der Waals surface area contributed by atoms with E-state index in [0.717, 1.165) is 11.3 Å². The molecule has 1 heterocycles. The maximum atomic E-state index is 10.7. The Labute approximate surface area is 90.6 Å². The van der Waals surface area contributed by atoms with E-state index in [-0.39, 0.29) is 0 Å². The Kier molecular flexibility index (Phi) is 2.29. The molecule has 1 aromatic rings. The van der Waals surface area contributed by atoms with Crippen LogP contribution >= 0.6 is 23.2 Å².